The molecule has 0 saturated carbocycles. The number of rotatable bonds is 3. The first-order valence-corrected chi connectivity index (χ1v) is 4.51. The van der Waals surface area contributed by atoms with E-state index in [0.717, 1.165) is 6.92 Å². The second-order valence-corrected chi connectivity index (χ2v) is 3.24. The molecule has 16 heavy (non-hydrogen) atoms. The molecule has 0 aliphatic carbocycles. The van der Waals surface area contributed by atoms with Gasteiger partial charge >= 0.3 is 6.18 Å². The summed E-state index contributed by atoms with van der Waals surface area (Å²) < 4.78 is 41.1. The molecule has 6 heteroatoms. The molecule has 1 aromatic rings. The first kappa shape index (κ1) is 12.5. The predicted molar refractivity (Wildman–Crippen MR) is 50.4 cm³/mol. The topological polar surface area (TPSA) is 39.2 Å². The molecule has 0 aromatic carbocycles. The van der Waals surface area contributed by atoms with Crippen molar-refractivity contribution in [3.8, 4) is 5.88 Å². The number of ether oxygens (including phenoxy) is 1. The molecule has 0 N–H and O–H groups in total. The van der Waals surface area contributed by atoms with E-state index in [0.29, 0.717) is 0 Å². The standard InChI is InChI=1S/C10H10F3NO2/c1-6(15)8-3-4-14-9(5-8)16-7(2)10(11,12)13/h3-5,7H,1-2H3. The number of hydrogen-bond acceptors (Lipinski definition) is 3. The number of pyridine rings is 1. The van der Waals surface area contributed by atoms with Crippen LogP contribution in [0.5, 0.6) is 5.88 Å². The molecule has 0 bridgehead atoms. The van der Waals surface area contributed by atoms with Gasteiger partial charge in [0.05, 0.1) is 0 Å². The van der Waals surface area contributed by atoms with Crippen LogP contribution < -0.4 is 4.74 Å². The zero-order valence-corrected chi connectivity index (χ0v) is 8.71. The number of ketones is 1. The van der Waals surface area contributed by atoms with Crippen LogP contribution in [0.2, 0.25) is 0 Å². The number of carbonyl (C=O) groups is 1. The molecule has 1 aromatic heterocycles. The third-order valence-corrected chi connectivity index (χ3v) is 1.90. The fourth-order valence-corrected chi connectivity index (χ4v) is 0.941. The average molecular weight is 233 g/mol. The molecule has 1 unspecified atom stereocenters. The summed E-state index contributed by atoms with van der Waals surface area (Å²) in [5, 5.41) is 0. The number of alkyl halides is 3. The minimum absolute atomic E-state index is 0.211. The van der Waals surface area contributed by atoms with Crippen molar-refractivity contribution in [1.82, 2.24) is 4.98 Å². The van der Waals surface area contributed by atoms with Gasteiger partial charge in [-0.15, -0.1) is 0 Å². The number of aromatic nitrogens is 1. The molecular weight excluding hydrogens is 223 g/mol. The smallest absolute Gasteiger partial charge is 0.425 e. The van der Waals surface area contributed by atoms with Gasteiger partial charge in [0.25, 0.3) is 0 Å². The molecular formula is C10H10F3NO2. The van der Waals surface area contributed by atoms with Gasteiger partial charge < -0.3 is 4.74 Å². The molecule has 0 fully saturated rings. The van der Waals surface area contributed by atoms with Crippen molar-refractivity contribution in [2.75, 3.05) is 0 Å². The van der Waals surface area contributed by atoms with Gasteiger partial charge in [-0.2, -0.15) is 13.2 Å². The van der Waals surface area contributed by atoms with Gasteiger partial charge in [-0.25, -0.2) is 4.98 Å². The average Bonchev–Trinajstić information content (AvgIpc) is 2.16. The molecule has 0 saturated heterocycles. The lowest BCUT2D eigenvalue weighted by Crippen LogP contribution is -2.31. The zero-order valence-electron chi connectivity index (χ0n) is 8.71. The summed E-state index contributed by atoms with van der Waals surface area (Å²) in [6, 6.07) is 2.60. The van der Waals surface area contributed by atoms with Crippen molar-refractivity contribution >= 4 is 5.78 Å². The Balaban J connectivity index is 2.82. The number of carbonyl (C=O) groups excluding carboxylic acids is 1. The van der Waals surface area contributed by atoms with E-state index in [2.05, 4.69) is 9.72 Å². The fraction of sp³-hybridized carbons (Fsp3) is 0.400. The molecule has 0 spiro atoms. The van der Waals surface area contributed by atoms with Crippen LogP contribution in [0.3, 0.4) is 0 Å². The molecule has 1 rings (SSSR count). The fourth-order valence-electron chi connectivity index (χ4n) is 0.941. The van der Waals surface area contributed by atoms with Crippen molar-refractivity contribution in [3.05, 3.63) is 23.9 Å². The minimum Gasteiger partial charge on any atom is -0.465 e. The van der Waals surface area contributed by atoms with Gasteiger partial charge in [0, 0.05) is 17.8 Å². The second-order valence-electron chi connectivity index (χ2n) is 3.24. The van der Waals surface area contributed by atoms with E-state index in [-0.39, 0.29) is 17.2 Å². The van der Waals surface area contributed by atoms with Crippen LogP contribution >= 0.6 is 0 Å². The molecule has 88 valence electrons. The van der Waals surface area contributed by atoms with Gasteiger partial charge in [0.2, 0.25) is 5.88 Å². The van der Waals surface area contributed by atoms with Crippen LogP contribution in [-0.4, -0.2) is 23.0 Å². The summed E-state index contributed by atoms with van der Waals surface area (Å²) in [6.07, 6.45) is -5.18. The summed E-state index contributed by atoms with van der Waals surface area (Å²) in [7, 11) is 0. The Bertz CT molecular complexity index is 390. The maximum atomic E-state index is 12.2. The van der Waals surface area contributed by atoms with Crippen LogP contribution in [-0.2, 0) is 0 Å². The summed E-state index contributed by atoms with van der Waals surface area (Å²) in [4.78, 5) is 14.6. The summed E-state index contributed by atoms with van der Waals surface area (Å²) in [6.45, 7) is 2.19. The molecule has 0 aliphatic rings. The monoisotopic (exact) mass is 233 g/mol. The largest absolute Gasteiger partial charge is 0.465 e. The van der Waals surface area contributed by atoms with Gasteiger partial charge in [-0.05, 0) is 19.9 Å². The highest BCUT2D eigenvalue weighted by molar-refractivity contribution is 5.94. The summed E-state index contributed by atoms with van der Waals surface area (Å²) in [5.74, 6) is -0.468. The van der Waals surface area contributed by atoms with E-state index in [1.807, 2.05) is 0 Å². The third-order valence-electron chi connectivity index (χ3n) is 1.90. The molecule has 1 atom stereocenters. The van der Waals surface area contributed by atoms with Gasteiger partial charge in [-0.3, -0.25) is 4.79 Å². The summed E-state index contributed by atoms with van der Waals surface area (Å²) >= 11 is 0. The van der Waals surface area contributed by atoms with Crippen molar-refractivity contribution in [2.24, 2.45) is 0 Å². The van der Waals surface area contributed by atoms with E-state index in [9.17, 15) is 18.0 Å². The van der Waals surface area contributed by atoms with Crippen molar-refractivity contribution in [3.63, 3.8) is 0 Å². The number of nitrogens with zero attached hydrogens (tertiary/aromatic N) is 1. The van der Waals surface area contributed by atoms with Crippen LogP contribution in [0.15, 0.2) is 18.3 Å². The Morgan fingerprint density at radius 1 is 1.50 bits per heavy atom. The van der Waals surface area contributed by atoms with E-state index in [1.165, 1.54) is 25.3 Å². The SMILES string of the molecule is CC(=O)c1ccnc(OC(C)C(F)(F)F)c1. The Morgan fingerprint density at radius 2 is 2.12 bits per heavy atom. The zero-order chi connectivity index (χ0) is 12.3. The van der Waals surface area contributed by atoms with Gasteiger partial charge in [0.15, 0.2) is 11.9 Å². The molecule has 0 aliphatic heterocycles. The van der Waals surface area contributed by atoms with Crippen LogP contribution in [0, 0.1) is 0 Å². The van der Waals surface area contributed by atoms with Crippen LogP contribution in [0.25, 0.3) is 0 Å². The molecule has 0 amide bonds. The highest BCUT2D eigenvalue weighted by Crippen LogP contribution is 2.24. The van der Waals surface area contributed by atoms with Crippen molar-refractivity contribution in [2.45, 2.75) is 26.1 Å². The van der Waals surface area contributed by atoms with E-state index in [4.69, 9.17) is 0 Å². The number of halogens is 3. The Kier molecular flexibility index (Phi) is 3.51. The van der Waals surface area contributed by atoms with Crippen LogP contribution in [0.4, 0.5) is 13.2 Å². The molecule has 3 nitrogen and oxygen atoms in total. The van der Waals surface area contributed by atoms with Gasteiger partial charge in [0.1, 0.15) is 0 Å². The highest BCUT2D eigenvalue weighted by Gasteiger charge is 2.38. The van der Waals surface area contributed by atoms with Crippen LogP contribution in [0.1, 0.15) is 24.2 Å². The molecule has 1 heterocycles. The highest BCUT2D eigenvalue weighted by atomic mass is 19.4. The normalized spacial score (nSPS) is 13.3. The maximum absolute atomic E-state index is 12.2. The number of Topliss-reactive ketones (excluding diaryl/α,β-unsaturated/α-hetero) is 1. The maximum Gasteiger partial charge on any atom is 0.425 e. The minimum atomic E-state index is -4.45. The van der Waals surface area contributed by atoms with Gasteiger partial charge in [-0.1, -0.05) is 0 Å². The molecule has 0 radical (unpaired) electrons. The Morgan fingerprint density at radius 3 is 2.62 bits per heavy atom. The predicted octanol–water partition coefficient (Wildman–Crippen LogP) is 2.61. The van der Waals surface area contributed by atoms with Crippen molar-refractivity contribution in [1.29, 1.82) is 0 Å². The van der Waals surface area contributed by atoms with Crippen molar-refractivity contribution < 1.29 is 22.7 Å². The second kappa shape index (κ2) is 4.51. The van der Waals surface area contributed by atoms with E-state index >= 15 is 0 Å². The van der Waals surface area contributed by atoms with E-state index < -0.39 is 12.3 Å². The Labute approximate surface area is 90.2 Å². The lowest BCUT2D eigenvalue weighted by Gasteiger charge is -2.16. The quantitative estimate of drug-likeness (QED) is 0.753. The summed E-state index contributed by atoms with van der Waals surface area (Å²) in [5.41, 5.74) is 0.263. The number of hydrogen-bond donors (Lipinski definition) is 0. The first-order chi connectivity index (χ1) is 7.30. The first-order valence-electron chi connectivity index (χ1n) is 4.51. The lowest BCUT2D eigenvalue weighted by molar-refractivity contribution is -0.189. The third kappa shape index (κ3) is 3.22. The lowest BCUT2D eigenvalue weighted by atomic mass is 10.2. The van der Waals surface area contributed by atoms with E-state index in [1.54, 1.807) is 0 Å². The Hall–Kier alpha value is -1.59.